The van der Waals surface area contributed by atoms with Gasteiger partial charge in [0.15, 0.2) is 0 Å². The number of fused-ring (bicyclic) bond motifs is 1. The van der Waals surface area contributed by atoms with Crippen molar-refractivity contribution in [3.8, 4) is 22.8 Å². The number of hydrogen-bond donors (Lipinski definition) is 1. The molecule has 236 valence electrons. The number of hydrogen-bond acceptors (Lipinski definition) is 8. The molecule has 2 unspecified atom stereocenters. The van der Waals surface area contributed by atoms with Gasteiger partial charge in [-0.3, -0.25) is 9.59 Å². The lowest BCUT2D eigenvalue weighted by Crippen LogP contribution is -2.52. The highest BCUT2D eigenvalue weighted by atomic mass is 35.5. The molecule has 0 saturated heterocycles. The van der Waals surface area contributed by atoms with Gasteiger partial charge >= 0.3 is 0 Å². The van der Waals surface area contributed by atoms with Crippen molar-refractivity contribution in [3.05, 3.63) is 94.3 Å². The number of rotatable bonds is 11. The first-order valence-electron chi connectivity index (χ1n) is 14.9. The Morgan fingerprint density at radius 2 is 1.91 bits per heavy atom. The number of methoxy groups -OCH3 is 2. The average molecular weight is 657 g/mol. The zero-order valence-corrected chi connectivity index (χ0v) is 27.0. The number of aromatic nitrogens is 4. The molecule has 10 nitrogen and oxygen atoms in total. The number of nitrogens with zero attached hydrogens (tertiary/aromatic N) is 5. The summed E-state index contributed by atoms with van der Waals surface area (Å²) in [6.07, 6.45) is 6.41. The van der Waals surface area contributed by atoms with Crippen molar-refractivity contribution < 1.29 is 19.1 Å². The van der Waals surface area contributed by atoms with Crippen LogP contribution in [0.3, 0.4) is 0 Å². The molecule has 2 atom stereocenters. The number of allylic oxidation sites excluding steroid dienone is 2. The summed E-state index contributed by atoms with van der Waals surface area (Å²) in [6, 6.07) is 19.3. The Morgan fingerprint density at radius 1 is 1.09 bits per heavy atom. The van der Waals surface area contributed by atoms with Gasteiger partial charge in [0, 0.05) is 22.0 Å². The van der Waals surface area contributed by atoms with Crippen LogP contribution in [0.2, 0.25) is 5.02 Å². The molecule has 0 bridgehead atoms. The number of carbonyl (C=O) groups excluding carboxylic acids is 2. The van der Waals surface area contributed by atoms with Crippen LogP contribution in [-0.4, -0.2) is 57.0 Å². The van der Waals surface area contributed by atoms with Crippen LogP contribution in [0, 0.1) is 5.92 Å². The number of para-hydroxylation sites is 1. The molecule has 1 N–H and O–H groups in total. The van der Waals surface area contributed by atoms with Gasteiger partial charge in [-0.25, -0.2) is 9.67 Å². The Kier molecular flexibility index (Phi) is 9.60. The first kappa shape index (κ1) is 31.3. The lowest BCUT2D eigenvalue weighted by Gasteiger charge is -2.36. The highest BCUT2D eigenvalue weighted by Crippen LogP contribution is 2.33. The summed E-state index contributed by atoms with van der Waals surface area (Å²) >= 11 is 7.55. The van der Waals surface area contributed by atoms with Gasteiger partial charge in [0.2, 0.25) is 11.8 Å². The summed E-state index contributed by atoms with van der Waals surface area (Å²) in [7, 11) is 3.10. The average Bonchev–Trinajstić information content (AvgIpc) is 3.73. The molecule has 5 aromatic rings. The van der Waals surface area contributed by atoms with E-state index in [1.165, 1.54) is 18.4 Å². The number of halogens is 1. The number of ether oxygens (including phenoxy) is 2. The quantitative estimate of drug-likeness (QED) is 0.159. The molecule has 6 rings (SSSR count). The van der Waals surface area contributed by atoms with Crippen LogP contribution in [0.15, 0.2) is 84.3 Å². The lowest BCUT2D eigenvalue weighted by molar-refractivity contribution is -0.142. The molecule has 0 fully saturated rings. The number of carbonyl (C=O) groups is 2. The smallest absolute Gasteiger partial charge is 0.247 e. The van der Waals surface area contributed by atoms with Crippen LogP contribution in [0.5, 0.6) is 11.5 Å². The van der Waals surface area contributed by atoms with Crippen molar-refractivity contribution in [2.75, 3.05) is 19.5 Å². The number of nitrogens with one attached hydrogen (secondary N) is 1. The molecular weight excluding hydrogens is 624 g/mol. The Labute approximate surface area is 275 Å². The Balaban J connectivity index is 1.36. The van der Waals surface area contributed by atoms with Crippen molar-refractivity contribution in [1.29, 1.82) is 0 Å². The summed E-state index contributed by atoms with van der Waals surface area (Å²) in [5.74, 6) is 0.349. The molecule has 2 heterocycles. The minimum absolute atomic E-state index is 0.0892. The molecule has 3 aromatic carbocycles. The van der Waals surface area contributed by atoms with Crippen LogP contribution in [-0.2, 0) is 22.7 Å². The van der Waals surface area contributed by atoms with Gasteiger partial charge in [0.25, 0.3) is 0 Å². The minimum atomic E-state index is -0.804. The van der Waals surface area contributed by atoms with Crippen molar-refractivity contribution in [3.63, 3.8) is 0 Å². The van der Waals surface area contributed by atoms with E-state index in [-0.39, 0.29) is 30.8 Å². The Morgan fingerprint density at radius 3 is 2.67 bits per heavy atom. The molecule has 0 aliphatic heterocycles. The Bertz CT molecular complexity index is 1870. The van der Waals surface area contributed by atoms with Gasteiger partial charge in [-0.1, -0.05) is 53.2 Å². The van der Waals surface area contributed by atoms with E-state index in [2.05, 4.69) is 27.8 Å². The van der Waals surface area contributed by atoms with Crippen LogP contribution in [0.25, 0.3) is 22.3 Å². The van der Waals surface area contributed by atoms with Crippen LogP contribution in [0.1, 0.15) is 24.3 Å². The normalized spacial score (nSPS) is 15.0. The standard InChI is InChI=1S/C34H33ClN6O4S/c1-44-25-16-17-27(30(18-25)45-2)37-34(43)33(23-8-4-3-5-9-23)40(32(42)20-41-29-11-7-6-10-26(29)38-39-41)19-31-36-28(21-46-31)22-12-14-24(35)15-13-22/h3-4,6-7,10-18,21,23,33H,5,8-9,19-20H2,1-2H3,(H,37,43). The van der Waals surface area contributed by atoms with Crippen LogP contribution >= 0.6 is 22.9 Å². The van der Waals surface area contributed by atoms with E-state index in [0.29, 0.717) is 39.2 Å². The number of thiazole rings is 1. The maximum Gasteiger partial charge on any atom is 0.247 e. The SMILES string of the molecule is COc1ccc(NC(=O)C(C2CC=CCC2)N(Cc2nc(-c3ccc(Cl)cc3)cs2)C(=O)Cn2nnc3ccccc32)c(OC)c1. The molecule has 0 spiro atoms. The molecule has 1 aliphatic rings. The third-order valence-corrected chi connectivity index (χ3v) is 9.14. The van der Waals surface area contributed by atoms with Gasteiger partial charge in [-0.2, -0.15) is 0 Å². The molecule has 2 amide bonds. The molecular formula is C34H33ClN6O4S. The highest BCUT2D eigenvalue weighted by Gasteiger charge is 2.37. The fourth-order valence-electron chi connectivity index (χ4n) is 5.70. The molecule has 2 aromatic heterocycles. The molecule has 46 heavy (non-hydrogen) atoms. The molecule has 0 radical (unpaired) electrons. The molecule has 0 saturated carbocycles. The predicted octanol–water partition coefficient (Wildman–Crippen LogP) is 6.62. The summed E-state index contributed by atoms with van der Waals surface area (Å²) in [5.41, 5.74) is 3.60. The summed E-state index contributed by atoms with van der Waals surface area (Å²) < 4.78 is 12.5. The summed E-state index contributed by atoms with van der Waals surface area (Å²) in [4.78, 5) is 35.3. The van der Waals surface area contributed by atoms with Crippen molar-refractivity contribution in [2.45, 2.75) is 38.4 Å². The van der Waals surface area contributed by atoms with Gasteiger partial charge in [-0.15, -0.1) is 16.4 Å². The second kappa shape index (κ2) is 14.1. The predicted molar refractivity (Wildman–Crippen MR) is 179 cm³/mol. The van der Waals surface area contributed by atoms with E-state index in [1.54, 1.807) is 34.9 Å². The van der Waals surface area contributed by atoms with E-state index in [9.17, 15) is 9.59 Å². The number of anilines is 1. The van der Waals surface area contributed by atoms with E-state index in [4.69, 9.17) is 26.1 Å². The van der Waals surface area contributed by atoms with E-state index < -0.39 is 6.04 Å². The van der Waals surface area contributed by atoms with E-state index >= 15 is 0 Å². The van der Waals surface area contributed by atoms with Gasteiger partial charge in [0.1, 0.15) is 34.6 Å². The molecule has 12 heteroatoms. The second-order valence-electron chi connectivity index (χ2n) is 10.9. The zero-order valence-electron chi connectivity index (χ0n) is 25.4. The van der Waals surface area contributed by atoms with Crippen LogP contribution < -0.4 is 14.8 Å². The molecule has 1 aliphatic carbocycles. The fourth-order valence-corrected chi connectivity index (χ4v) is 6.63. The third kappa shape index (κ3) is 6.90. The van der Waals surface area contributed by atoms with Crippen molar-refractivity contribution >= 4 is 51.5 Å². The zero-order chi connectivity index (χ0) is 32.0. The lowest BCUT2D eigenvalue weighted by atomic mass is 9.86. The van der Waals surface area contributed by atoms with Crippen molar-refractivity contribution in [1.82, 2.24) is 24.9 Å². The van der Waals surface area contributed by atoms with Gasteiger partial charge < -0.3 is 19.7 Å². The number of benzene rings is 3. The van der Waals surface area contributed by atoms with E-state index in [0.717, 1.165) is 29.6 Å². The van der Waals surface area contributed by atoms with Gasteiger partial charge in [-0.05, 0) is 61.6 Å². The van der Waals surface area contributed by atoms with Gasteiger partial charge in [0.05, 0.1) is 37.7 Å². The summed E-state index contributed by atoms with van der Waals surface area (Å²) in [5, 5.41) is 14.8. The van der Waals surface area contributed by atoms with E-state index in [1.807, 2.05) is 53.9 Å². The van der Waals surface area contributed by atoms with Crippen molar-refractivity contribution in [2.24, 2.45) is 5.92 Å². The second-order valence-corrected chi connectivity index (χ2v) is 12.3. The first-order chi connectivity index (χ1) is 22.4. The minimum Gasteiger partial charge on any atom is -0.497 e. The monoisotopic (exact) mass is 656 g/mol. The topological polar surface area (TPSA) is 111 Å². The highest BCUT2D eigenvalue weighted by molar-refractivity contribution is 7.09. The third-order valence-electron chi connectivity index (χ3n) is 8.05. The maximum absolute atomic E-state index is 14.4. The number of amides is 2. The Hall–Kier alpha value is -4.74. The van der Waals surface area contributed by atoms with Crippen LogP contribution in [0.4, 0.5) is 5.69 Å². The fraction of sp³-hybridized carbons (Fsp3) is 0.265. The first-order valence-corrected chi connectivity index (χ1v) is 16.1. The largest absolute Gasteiger partial charge is 0.497 e. The maximum atomic E-state index is 14.4. The summed E-state index contributed by atoms with van der Waals surface area (Å²) in [6.45, 7) is 0.0515.